The minimum atomic E-state index is -0.568. The highest BCUT2D eigenvalue weighted by Crippen LogP contribution is 2.35. The van der Waals surface area contributed by atoms with Gasteiger partial charge in [-0.25, -0.2) is 4.98 Å². The first-order valence-electron chi connectivity index (χ1n) is 12.0. The van der Waals surface area contributed by atoms with Gasteiger partial charge in [0.2, 0.25) is 5.91 Å². The number of anilines is 1. The molecule has 9 nitrogen and oxygen atoms in total. The standard InChI is InChI=1S/C27H30N4O5/c1-17-7-6-8-18(2)26(17)29-23(32)15-30(3)24(33)16-36-25(34)14-13-22-28-21-10-5-4-9-20(21)27(35)31(22)19-11-12-19/h4-10,19H,11-16H2,1-3H3,(H,29,32). The van der Waals surface area contributed by atoms with Crippen molar-refractivity contribution in [2.45, 2.75) is 45.6 Å². The molecule has 1 aliphatic carbocycles. The smallest absolute Gasteiger partial charge is 0.306 e. The van der Waals surface area contributed by atoms with Crippen molar-refractivity contribution in [1.82, 2.24) is 14.5 Å². The molecular weight excluding hydrogens is 460 g/mol. The van der Waals surface area contributed by atoms with E-state index in [1.807, 2.05) is 38.1 Å². The van der Waals surface area contributed by atoms with Gasteiger partial charge in [0.1, 0.15) is 5.82 Å². The molecule has 1 N–H and O–H groups in total. The number of rotatable bonds is 9. The van der Waals surface area contributed by atoms with Crippen LogP contribution in [0.15, 0.2) is 47.3 Å². The molecule has 3 aromatic rings. The van der Waals surface area contributed by atoms with E-state index in [0.717, 1.165) is 29.7 Å². The van der Waals surface area contributed by atoms with Crippen molar-refractivity contribution < 1.29 is 19.1 Å². The summed E-state index contributed by atoms with van der Waals surface area (Å²) >= 11 is 0. The third-order valence-corrected chi connectivity index (χ3v) is 6.25. The van der Waals surface area contributed by atoms with Crippen LogP contribution in [-0.2, 0) is 25.5 Å². The Bertz CT molecular complexity index is 1360. The summed E-state index contributed by atoms with van der Waals surface area (Å²) in [5.41, 5.74) is 3.08. The highest BCUT2D eigenvalue weighted by Gasteiger charge is 2.28. The van der Waals surface area contributed by atoms with Gasteiger partial charge >= 0.3 is 5.97 Å². The molecule has 0 aliphatic heterocycles. The number of benzene rings is 2. The Morgan fingerprint density at radius 3 is 2.47 bits per heavy atom. The summed E-state index contributed by atoms with van der Waals surface area (Å²) in [4.78, 5) is 55.9. The first kappa shape index (κ1) is 25.1. The summed E-state index contributed by atoms with van der Waals surface area (Å²) in [6, 6.07) is 13.0. The molecule has 188 valence electrons. The van der Waals surface area contributed by atoms with Crippen molar-refractivity contribution in [1.29, 1.82) is 0 Å². The molecule has 36 heavy (non-hydrogen) atoms. The van der Waals surface area contributed by atoms with E-state index in [2.05, 4.69) is 10.3 Å². The monoisotopic (exact) mass is 490 g/mol. The number of para-hydroxylation sites is 2. The number of aromatic nitrogens is 2. The molecule has 4 rings (SSSR count). The number of carbonyl (C=O) groups excluding carboxylic acids is 3. The van der Waals surface area contributed by atoms with Gasteiger partial charge in [0.15, 0.2) is 6.61 Å². The van der Waals surface area contributed by atoms with E-state index >= 15 is 0 Å². The Morgan fingerprint density at radius 2 is 1.78 bits per heavy atom. The lowest BCUT2D eigenvalue weighted by Gasteiger charge is -2.18. The van der Waals surface area contributed by atoms with Gasteiger partial charge in [0, 0.05) is 25.2 Å². The Balaban J connectivity index is 1.29. The predicted molar refractivity (Wildman–Crippen MR) is 136 cm³/mol. The number of ether oxygens (including phenoxy) is 1. The van der Waals surface area contributed by atoms with E-state index in [1.54, 1.807) is 22.8 Å². The summed E-state index contributed by atoms with van der Waals surface area (Å²) in [7, 11) is 1.48. The number of amides is 2. The number of fused-ring (bicyclic) bond motifs is 1. The lowest BCUT2D eigenvalue weighted by Crippen LogP contribution is -2.37. The zero-order chi connectivity index (χ0) is 25.8. The second kappa shape index (κ2) is 10.7. The van der Waals surface area contributed by atoms with E-state index in [0.29, 0.717) is 16.7 Å². The van der Waals surface area contributed by atoms with Gasteiger partial charge in [-0.15, -0.1) is 0 Å². The number of likely N-dealkylation sites (N-methyl/N-ethyl adjacent to an activating group) is 1. The third kappa shape index (κ3) is 5.79. The first-order valence-corrected chi connectivity index (χ1v) is 12.0. The van der Waals surface area contributed by atoms with Crippen LogP contribution >= 0.6 is 0 Å². The molecule has 1 saturated carbocycles. The molecule has 0 unspecified atom stereocenters. The molecule has 1 fully saturated rings. The van der Waals surface area contributed by atoms with E-state index in [1.165, 1.54) is 11.9 Å². The maximum Gasteiger partial charge on any atom is 0.306 e. The van der Waals surface area contributed by atoms with Crippen molar-refractivity contribution in [3.05, 3.63) is 69.8 Å². The van der Waals surface area contributed by atoms with Crippen molar-refractivity contribution in [2.24, 2.45) is 0 Å². The van der Waals surface area contributed by atoms with Gasteiger partial charge < -0.3 is 15.0 Å². The molecule has 1 aliphatic rings. The maximum atomic E-state index is 12.9. The van der Waals surface area contributed by atoms with Crippen molar-refractivity contribution >= 4 is 34.4 Å². The third-order valence-electron chi connectivity index (χ3n) is 6.25. The number of carbonyl (C=O) groups is 3. The number of hydrogen-bond acceptors (Lipinski definition) is 6. The quantitative estimate of drug-likeness (QED) is 0.462. The van der Waals surface area contributed by atoms with Crippen molar-refractivity contribution in [3.63, 3.8) is 0 Å². The second-order valence-corrected chi connectivity index (χ2v) is 9.18. The Hall–Kier alpha value is -4.01. The minimum absolute atomic E-state index is 0.0124. The molecule has 2 amide bonds. The number of hydrogen-bond donors (Lipinski definition) is 1. The number of nitrogens with zero attached hydrogens (tertiary/aromatic N) is 3. The number of aryl methyl sites for hydroxylation is 3. The molecule has 0 spiro atoms. The van der Waals surface area contributed by atoms with E-state index in [4.69, 9.17) is 4.74 Å². The highest BCUT2D eigenvalue weighted by atomic mass is 16.5. The topological polar surface area (TPSA) is 111 Å². The van der Waals surface area contributed by atoms with Gasteiger partial charge in [-0.1, -0.05) is 30.3 Å². The van der Waals surface area contributed by atoms with E-state index < -0.39 is 18.5 Å². The largest absolute Gasteiger partial charge is 0.456 e. The van der Waals surface area contributed by atoms with Crippen LogP contribution in [0, 0.1) is 13.8 Å². The average molecular weight is 491 g/mol. The fraction of sp³-hybridized carbons (Fsp3) is 0.370. The molecule has 9 heteroatoms. The highest BCUT2D eigenvalue weighted by molar-refractivity contribution is 5.96. The van der Waals surface area contributed by atoms with Crippen LogP contribution in [-0.4, -0.2) is 52.4 Å². The molecule has 0 bridgehead atoms. The van der Waals surface area contributed by atoms with Gasteiger partial charge in [0.25, 0.3) is 11.5 Å². The van der Waals surface area contributed by atoms with E-state index in [-0.39, 0.29) is 36.9 Å². The Kier molecular flexibility index (Phi) is 7.47. The average Bonchev–Trinajstić information content (AvgIpc) is 3.68. The molecule has 0 radical (unpaired) electrons. The van der Waals surface area contributed by atoms with Gasteiger partial charge in [-0.2, -0.15) is 0 Å². The fourth-order valence-electron chi connectivity index (χ4n) is 4.11. The van der Waals surface area contributed by atoms with Crippen LogP contribution in [0.4, 0.5) is 5.69 Å². The lowest BCUT2D eigenvalue weighted by atomic mass is 10.1. The number of esters is 1. The molecule has 2 aromatic carbocycles. The molecule has 1 heterocycles. The zero-order valence-electron chi connectivity index (χ0n) is 20.7. The molecule has 0 saturated heterocycles. The summed E-state index contributed by atoms with van der Waals surface area (Å²) in [5.74, 6) is -0.847. The summed E-state index contributed by atoms with van der Waals surface area (Å²) in [6.45, 7) is 3.16. The van der Waals surface area contributed by atoms with Crippen LogP contribution in [0.2, 0.25) is 0 Å². The van der Waals surface area contributed by atoms with Gasteiger partial charge in [0.05, 0.1) is 23.9 Å². The van der Waals surface area contributed by atoms with E-state index in [9.17, 15) is 19.2 Å². The first-order chi connectivity index (χ1) is 17.2. The fourth-order valence-corrected chi connectivity index (χ4v) is 4.11. The van der Waals surface area contributed by atoms with Gasteiger partial charge in [-0.05, 0) is 49.9 Å². The number of nitrogens with one attached hydrogen (secondary N) is 1. The summed E-state index contributed by atoms with van der Waals surface area (Å²) < 4.78 is 6.83. The molecule has 0 atom stereocenters. The minimum Gasteiger partial charge on any atom is -0.456 e. The predicted octanol–water partition coefficient (Wildman–Crippen LogP) is 2.92. The molecule has 1 aromatic heterocycles. The zero-order valence-corrected chi connectivity index (χ0v) is 20.7. The Labute approximate surface area is 209 Å². The normalized spacial score (nSPS) is 12.9. The van der Waals surface area contributed by atoms with Crippen molar-refractivity contribution in [2.75, 3.05) is 25.5 Å². The summed E-state index contributed by atoms with van der Waals surface area (Å²) in [5, 5.41) is 3.39. The lowest BCUT2D eigenvalue weighted by molar-refractivity contribution is -0.151. The summed E-state index contributed by atoms with van der Waals surface area (Å²) in [6.07, 6.45) is 2.05. The van der Waals surface area contributed by atoms with Crippen LogP contribution in [0.3, 0.4) is 0 Å². The second-order valence-electron chi connectivity index (χ2n) is 9.18. The van der Waals surface area contributed by atoms with Crippen LogP contribution in [0.5, 0.6) is 0 Å². The molecular formula is C27H30N4O5. The van der Waals surface area contributed by atoms with Crippen LogP contribution in [0.25, 0.3) is 10.9 Å². The SMILES string of the molecule is Cc1cccc(C)c1NC(=O)CN(C)C(=O)COC(=O)CCc1nc2ccccc2c(=O)n1C1CC1. The Morgan fingerprint density at radius 1 is 1.08 bits per heavy atom. The van der Waals surface area contributed by atoms with Crippen LogP contribution in [0.1, 0.15) is 42.3 Å². The van der Waals surface area contributed by atoms with Crippen molar-refractivity contribution in [3.8, 4) is 0 Å². The van der Waals surface area contributed by atoms with Crippen LogP contribution < -0.4 is 10.9 Å². The van der Waals surface area contributed by atoms with Gasteiger partial charge in [-0.3, -0.25) is 23.7 Å². The maximum absolute atomic E-state index is 12.9.